The van der Waals surface area contributed by atoms with Gasteiger partial charge in [0.15, 0.2) is 0 Å². The van der Waals surface area contributed by atoms with Crippen molar-refractivity contribution in [1.82, 2.24) is 10.2 Å². The molecule has 0 aliphatic carbocycles. The van der Waals surface area contributed by atoms with Crippen LogP contribution >= 0.6 is 11.6 Å². The third kappa shape index (κ3) is 4.19. The Hall–Kier alpha value is -3.91. The third-order valence-corrected chi connectivity index (χ3v) is 4.94. The van der Waals surface area contributed by atoms with E-state index in [9.17, 15) is 18.8 Å². The van der Waals surface area contributed by atoms with E-state index in [0.29, 0.717) is 21.9 Å². The lowest BCUT2D eigenvalue weighted by Crippen LogP contribution is -2.30. The van der Waals surface area contributed by atoms with E-state index in [1.165, 1.54) is 48.5 Å². The van der Waals surface area contributed by atoms with Crippen molar-refractivity contribution < 1.29 is 28.3 Å². The zero-order valence-electron chi connectivity index (χ0n) is 15.8. The summed E-state index contributed by atoms with van der Waals surface area (Å²) in [6, 6.07) is 12.2. The molecule has 0 saturated carbocycles. The molecule has 1 saturated heterocycles. The lowest BCUT2D eigenvalue weighted by atomic mass is 10.1. The van der Waals surface area contributed by atoms with E-state index in [1.807, 2.05) is 0 Å². The number of carboxylic acid groups (broad SMARTS) is 1. The smallest absolute Gasteiger partial charge is 0.335 e. The normalized spacial score (nSPS) is 14.9. The Morgan fingerprint density at radius 2 is 1.87 bits per heavy atom. The first-order valence-electron chi connectivity index (χ1n) is 9.04. The number of rotatable bonds is 5. The van der Waals surface area contributed by atoms with E-state index in [-0.39, 0.29) is 23.6 Å². The third-order valence-electron chi connectivity index (χ3n) is 4.61. The quantitative estimate of drug-likeness (QED) is 0.448. The maximum absolute atomic E-state index is 13.1. The lowest BCUT2D eigenvalue weighted by Gasteiger charge is -2.11. The Morgan fingerprint density at radius 3 is 2.58 bits per heavy atom. The van der Waals surface area contributed by atoms with Crippen LogP contribution in [0, 0.1) is 5.82 Å². The molecule has 31 heavy (non-hydrogen) atoms. The van der Waals surface area contributed by atoms with E-state index in [2.05, 4.69) is 5.32 Å². The molecule has 1 aliphatic rings. The van der Waals surface area contributed by atoms with E-state index in [0.717, 1.165) is 4.90 Å². The summed E-state index contributed by atoms with van der Waals surface area (Å²) in [6.07, 6.45) is 1.36. The summed E-state index contributed by atoms with van der Waals surface area (Å²) >= 11 is 6.15. The van der Waals surface area contributed by atoms with Crippen LogP contribution in [-0.4, -0.2) is 27.9 Å². The summed E-state index contributed by atoms with van der Waals surface area (Å²) < 4.78 is 18.7. The van der Waals surface area contributed by atoms with Crippen LogP contribution in [-0.2, 0) is 11.3 Å². The Morgan fingerprint density at radius 1 is 1.13 bits per heavy atom. The van der Waals surface area contributed by atoms with Crippen LogP contribution in [0.25, 0.3) is 17.4 Å². The molecule has 0 unspecified atom stereocenters. The number of carbonyl (C=O) groups is 3. The van der Waals surface area contributed by atoms with Crippen molar-refractivity contribution in [2.45, 2.75) is 6.54 Å². The predicted octanol–water partition coefficient (Wildman–Crippen LogP) is 4.53. The molecule has 2 heterocycles. The average molecular weight is 441 g/mol. The SMILES string of the molecule is O=C(O)c1ccc(Cl)c(-c2ccc(C=C3NC(=O)N(Cc4ccc(F)cc4)C3=O)o2)c1. The molecule has 3 aromatic rings. The molecule has 0 atom stereocenters. The fourth-order valence-electron chi connectivity index (χ4n) is 3.05. The second-order valence-corrected chi connectivity index (χ2v) is 7.11. The number of carboxylic acids is 1. The molecule has 1 aliphatic heterocycles. The minimum absolute atomic E-state index is 0.0106. The van der Waals surface area contributed by atoms with Gasteiger partial charge < -0.3 is 14.8 Å². The molecule has 7 nitrogen and oxygen atoms in total. The zero-order chi connectivity index (χ0) is 22.1. The van der Waals surface area contributed by atoms with E-state index < -0.39 is 23.7 Å². The lowest BCUT2D eigenvalue weighted by molar-refractivity contribution is -0.123. The molecule has 2 N–H and O–H groups in total. The highest BCUT2D eigenvalue weighted by atomic mass is 35.5. The van der Waals surface area contributed by atoms with Gasteiger partial charge in [0.2, 0.25) is 0 Å². The van der Waals surface area contributed by atoms with Gasteiger partial charge in [-0.3, -0.25) is 9.69 Å². The summed E-state index contributed by atoms with van der Waals surface area (Å²) in [7, 11) is 0. The first-order valence-corrected chi connectivity index (χ1v) is 9.41. The Balaban J connectivity index is 1.56. The van der Waals surface area contributed by atoms with Crippen LogP contribution in [0.1, 0.15) is 21.7 Å². The molecule has 0 spiro atoms. The Labute approximate surface area is 180 Å². The highest BCUT2D eigenvalue weighted by molar-refractivity contribution is 6.33. The predicted molar refractivity (Wildman–Crippen MR) is 110 cm³/mol. The van der Waals surface area contributed by atoms with Gasteiger partial charge in [-0.2, -0.15) is 0 Å². The molecule has 0 radical (unpaired) electrons. The monoisotopic (exact) mass is 440 g/mol. The number of benzene rings is 2. The van der Waals surface area contributed by atoms with E-state index in [1.54, 1.807) is 12.1 Å². The summed E-state index contributed by atoms with van der Waals surface area (Å²) in [5.74, 6) is -1.51. The molecule has 2 aromatic carbocycles. The van der Waals surface area contributed by atoms with Crippen LogP contribution < -0.4 is 5.32 Å². The number of hydrogen-bond donors (Lipinski definition) is 2. The first kappa shape index (κ1) is 20.4. The van der Waals surface area contributed by atoms with Crippen molar-refractivity contribution in [3.05, 3.63) is 88.0 Å². The van der Waals surface area contributed by atoms with Crippen LogP contribution in [0.15, 0.2) is 64.7 Å². The summed E-state index contributed by atoms with van der Waals surface area (Å²) in [5.41, 5.74) is 1.04. The van der Waals surface area contributed by atoms with Crippen molar-refractivity contribution in [3.8, 4) is 11.3 Å². The van der Waals surface area contributed by atoms with Gasteiger partial charge in [-0.15, -0.1) is 0 Å². The van der Waals surface area contributed by atoms with Gasteiger partial charge in [0, 0.05) is 11.6 Å². The fourth-order valence-corrected chi connectivity index (χ4v) is 3.26. The van der Waals surface area contributed by atoms with Crippen LogP contribution in [0.3, 0.4) is 0 Å². The first-order chi connectivity index (χ1) is 14.8. The van der Waals surface area contributed by atoms with Gasteiger partial charge in [0.05, 0.1) is 17.1 Å². The largest absolute Gasteiger partial charge is 0.478 e. The number of carbonyl (C=O) groups excluding carboxylic acids is 2. The van der Waals surface area contributed by atoms with Gasteiger partial charge in [0.25, 0.3) is 5.91 Å². The van der Waals surface area contributed by atoms with E-state index >= 15 is 0 Å². The van der Waals surface area contributed by atoms with Gasteiger partial charge >= 0.3 is 12.0 Å². The van der Waals surface area contributed by atoms with Crippen molar-refractivity contribution in [2.24, 2.45) is 0 Å². The standard InChI is InChI=1S/C22H14ClFN2O5/c23-17-7-3-13(21(28)29)9-16(17)19-8-6-15(31-19)10-18-20(27)26(22(30)25-18)11-12-1-4-14(24)5-2-12/h1-10H,11H2,(H,25,30)(H,28,29). The minimum atomic E-state index is -1.10. The molecule has 3 amide bonds. The summed E-state index contributed by atoms with van der Waals surface area (Å²) in [4.78, 5) is 37.0. The topological polar surface area (TPSA) is 99.9 Å². The summed E-state index contributed by atoms with van der Waals surface area (Å²) in [5, 5.41) is 11.9. The fraction of sp³-hybridized carbons (Fsp3) is 0.0455. The number of amides is 3. The molecule has 1 aromatic heterocycles. The maximum Gasteiger partial charge on any atom is 0.335 e. The highest BCUT2D eigenvalue weighted by Crippen LogP contribution is 2.31. The number of nitrogens with one attached hydrogen (secondary N) is 1. The van der Waals surface area contributed by atoms with E-state index in [4.69, 9.17) is 21.1 Å². The summed E-state index contributed by atoms with van der Waals surface area (Å²) in [6.45, 7) is -0.0106. The number of nitrogens with zero attached hydrogens (tertiary/aromatic N) is 1. The number of furan rings is 1. The van der Waals surface area contributed by atoms with Crippen molar-refractivity contribution >= 4 is 35.6 Å². The molecule has 9 heteroatoms. The van der Waals surface area contributed by atoms with Gasteiger partial charge in [-0.1, -0.05) is 23.7 Å². The van der Waals surface area contributed by atoms with Gasteiger partial charge in [-0.25, -0.2) is 14.0 Å². The number of halogens is 2. The van der Waals surface area contributed by atoms with Gasteiger partial charge in [0.1, 0.15) is 23.0 Å². The molecular weight excluding hydrogens is 427 g/mol. The maximum atomic E-state index is 13.1. The van der Waals surface area contributed by atoms with Gasteiger partial charge in [-0.05, 0) is 48.0 Å². The highest BCUT2D eigenvalue weighted by Gasteiger charge is 2.33. The number of urea groups is 1. The zero-order valence-corrected chi connectivity index (χ0v) is 16.5. The van der Waals surface area contributed by atoms with Crippen LogP contribution in [0.5, 0.6) is 0 Å². The number of hydrogen-bond acceptors (Lipinski definition) is 4. The molecule has 1 fully saturated rings. The second-order valence-electron chi connectivity index (χ2n) is 6.71. The molecule has 0 bridgehead atoms. The Kier molecular flexibility index (Phi) is 5.31. The van der Waals surface area contributed by atoms with Crippen LogP contribution in [0.2, 0.25) is 5.02 Å². The minimum Gasteiger partial charge on any atom is -0.478 e. The average Bonchev–Trinajstić information content (AvgIpc) is 3.30. The van der Waals surface area contributed by atoms with Crippen LogP contribution in [0.4, 0.5) is 9.18 Å². The van der Waals surface area contributed by atoms with Crippen molar-refractivity contribution in [3.63, 3.8) is 0 Å². The molecule has 156 valence electrons. The number of aromatic carboxylic acids is 1. The van der Waals surface area contributed by atoms with Crippen molar-refractivity contribution in [1.29, 1.82) is 0 Å². The molecular formula is C22H14ClFN2O5. The molecule has 4 rings (SSSR count). The second kappa shape index (κ2) is 8.08. The number of imide groups is 1. The Bertz CT molecular complexity index is 1230. The van der Waals surface area contributed by atoms with Crippen molar-refractivity contribution in [2.75, 3.05) is 0 Å².